The van der Waals surface area contributed by atoms with Gasteiger partial charge in [0.05, 0.1) is 27.7 Å². The van der Waals surface area contributed by atoms with Gasteiger partial charge in [-0.2, -0.15) is 0 Å². The van der Waals surface area contributed by atoms with Crippen LogP contribution in [0.2, 0.25) is 0 Å². The van der Waals surface area contributed by atoms with Crippen molar-refractivity contribution in [2.45, 2.75) is 457 Å². The molecule has 0 heterocycles. The summed E-state index contributed by atoms with van der Waals surface area (Å²) in [5, 5.41) is 0. The third kappa shape index (κ3) is 81.2. The van der Waals surface area contributed by atoms with Gasteiger partial charge in [0, 0.05) is 12.8 Å². The second-order valence-electron chi connectivity index (χ2n) is 30.6. The molecule has 0 fully saturated rings. The van der Waals surface area contributed by atoms with Crippen molar-refractivity contribution < 1.29 is 42.1 Å². The van der Waals surface area contributed by atoms with Gasteiger partial charge in [-0.15, -0.1) is 0 Å². The number of phosphoric ester groups is 1. The lowest BCUT2D eigenvalue weighted by Gasteiger charge is -2.24. The molecule has 0 aromatic rings. The Labute approximate surface area is 599 Å². The van der Waals surface area contributed by atoms with Crippen molar-refractivity contribution in [1.29, 1.82) is 0 Å². The molecule has 0 amide bonds. The Morgan fingerprint density at radius 2 is 0.562 bits per heavy atom. The molecule has 0 spiro atoms. The predicted molar refractivity (Wildman–Crippen MR) is 418 cm³/mol. The number of allylic oxidation sites excluding steroid dienone is 6. The van der Waals surface area contributed by atoms with Gasteiger partial charge in [0.1, 0.15) is 19.8 Å². The summed E-state index contributed by atoms with van der Waals surface area (Å²) in [6, 6.07) is 0. The average molecular weight is 1370 g/mol. The Morgan fingerprint density at radius 3 is 0.833 bits per heavy atom. The Morgan fingerprint density at radius 1 is 0.323 bits per heavy atom. The molecule has 9 nitrogen and oxygen atoms in total. The minimum Gasteiger partial charge on any atom is -0.462 e. The summed E-state index contributed by atoms with van der Waals surface area (Å²) in [4.78, 5) is 36.0. The lowest BCUT2D eigenvalue weighted by molar-refractivity contribution is -0.870. The topological polar surface area (TPSA) is 108 Å². The van der Waals surface area contributed by atoms with Crippen LogP contribution in [0.5, 0.6) is 0 Å². The molecule has 2 atom stereocenters. The van der Waals surface area contributed by atoms with Gasteiger partial charge in [0.25, 0.3) is 0 Å². The van der Waals surface area contributed by atoms with Crippen LogP contribution in [-0.4, -0.2) is 74.9 Å². The standard InChI is InChI=1S/C86H166NO8P/c1-6-8-10-12-14-16-18-20-22-24-26-28-30-32-34-36-38-39-40-41-42-43-44-45-46-47-49-51-53-55-57-59-61-63-65-67-69-71-73-75-77-79-86(89)95-84(83-94-96(90,91)93-81-80-87(3,4)5)82-92-85(88)78-76-74-72-70-68-66-64-62-60-58-56-54-52-50-48-37-35-33-31-29-27-25-23-21-19-17-15-13-11-9-7-2/h18,20,24,26,30,32,84H,6-17,19,21-23,25,27-29,31,33-83H2,1-5H3/p+1/b20-18-,26-24-,32-30-. The molecule has 96 heavy (non-hydrogen) atoms. The summed E-state index contributed by atoms with van der Waals surface area (Å²) in [6.07, 6.45) is 102. The lowest BCUT2D eigenvalue weighted by Crippen LogP contribution is -2.37. The van der Waals surface area contributed by atoms with Gasteiger partial charge in [-0.05, 0) is 51.4 Å². The van der Waals surface area contributed by atoms with Crippen LogP contribution >= 0.6 is 7.82 Å². The first-order valence-corrected chi connectivity index (χ1v) is 44.2. The highest BCUT2D eigenvalue weighted by molar-refractivity contribution is 7.47. The predicted octanol–water partition coefficient (Wildman–Crippen LogP) is 28.5. The molecule has 0 rings (SSSR count). The van der Waals surface area contributed by atoms with Crippen molar-refractivity contribution in [3.05, 3.63) is 36.5 Å². The zero-order valence-electron chi connectivity index (χ0n) is 65.2. The minimum atomic E-state index is -4.39. The third-order valence-electron chi connectivity index (χ3n) is 19.7. The number of nitrogens with zero attached hydrogens (tertiary/aromatic N) is 1. The van der Waals surface area contributed by atoms with Gasteiger partial charge in [-0.1, -0.05) is 423 Å². The van der Waals surface area contributed by atoms with Crippen molar-refractivity contribution in [2.24, 2.45) is 0 Å². The highest BCUT2D eigenvalue weighted by atomic mass is 31.2. The second kappa shape index (κ2) is 77.4. The monoisotopic (exact) mass is 1370 g/mol. The van der Waals surface area contributed by atoms with Crippen LogP contribution in [0.15, 0.2) is 36.5 Å². The van der Waals surface area contributed by atoms with Crippen LogP contribution < -0.4 is 0 Å². The number of ether oxygens (including phenoxy) is 2. The van der Waals surface area contributed by atoms with Crippen LogP contribution in [0.1, 0.15) is 450 Å². The maximum absolute atomic E-state index is 12.9. The maximum atomic E-state index is 12.9. The Kier molecular flexibility index (Phi) is 76.0. The van der Waals surface area contributed by atoms with Crippen LogP contribution in [-0.2, 0) is 32.7 Å². The quantitative estimate of drug-likeness (QED) is 0.0211. The van der Waals surface area contributed by atoms with E-state index in [4.69, 9.17) is 18.5 Å². The van der Waals surface area contributed by atoms with E-state index in [1.54, 1.807) is 0 Å². The molecule has 10 heteroatoms. The van der Waals surface area contributed by atoms with E-state index in [2.05, 4.69) is 50.3 Å². The van der Waals surface area contributed by atoms with E-state index in [9.17, 15) is 19.0 Å². The maximum Gasteiger partial charge on any atom is 0.472 e. The molecule has 2 unspecified atom stereocenters. The molecule has 1 N–H and O–H groups in total. The number of hydrogen-bond donors (Lipinski definition) is 1. The average Bonchev–Trinajstić information content (AvgIpc) is 2.54. The van der Waals surface area contributed by atoms with Crippen molar-refractivity contribution >= 4 is 19.8 Å². The van der Waals surface area contributed by atoms with Gasteiger partial charge in [0.2, 0.25) is 0 Å². The van der Waals surface area contributed by atoms with E-state index < -0.39 is 26.5 Å². The summed E-state index contributed by atoms with van der Waals surface area (Å²) in [5.74, 6) is -0.767. The molecule has 0 aliphatic carbocycles. The van der Waals surface area contributed by atoms with Gasteiger partial charge in [-0.3, -0.25) is 18.6 Å². The van der Waals surface area contributed by atoms with Crippen molar-refractivity contribution in [1.82, 2.24) is 0 Å². The van der Waals surface area contributed by atoms with Crippen molar-refractivity contribution in [2.75, 3.05) is 47.5 Å². The fourth-order valence-corrected chi connectivity index (χ4v) is 13.9. The fourth-order valence-electron chi connectivity index (χ4n) is 13.2. The van der Waals surface area contributed by atoms with Crippen LogP contribution in [0.3, 0.4) is 0 Å². The number of esters is 2. The SMILES string of the molecule is CCCCCCC/C=C\C/C=C\C/C=C\CCCCCCCCCCCCCCCCCCCCCCCCCCCCC(=O)OC(COC(=O)CCCCCCCCCCCCCCCCCCCCCCCCCCCCCCCCC)COP(=O)(O)OCC[N+](C)(C)C. The Balaban J connectivity index is 3.86. The zero-order chi connectivity index (χ0) is 69.7. The van der Waals surface area contributed by atoms with E-state index in [0.717, 1.165) is 51.4 Å². The fraction of sp³-hybridized carbons (Fsp3) is 0.907. The zero-order valence-corrected chi connectivity index (χ0v) is 66.0. The molecule has 0 saturated carbocycles. The van der Waals surface area contributed by atoms with Gasteiger partial charge in [-0.25, -0.2) is 4.57 Å². The first kappa shape index (κ1) is 94.2. The number of likely N-dealkylation sites (N-methyl/N-ethyl adjacent to an activating group) is 1. The van der Waals surface area contributed by atoms with Crippen LogP contribution in [0, 0.1) is 0 Å². The molecule has 0 aromatic heterocycles. The normalized spacial score (nSPS) is 13.1. The second-order valence-corrected chi connectivity index (χ2v) is 32.0. The molecular formula is C86H167NO8P+. The van der Waals surface area contributed by atoms with Crippen LogP contribution in [0.4, 0.5) is 0 Å². The molecule has 568 valence electrons. The molecular weight excluding hydrogens is 1210 g/mol. The molecule has 0 aliphatic rings. The Bertz CT molecular complexity index is 1710. The van der Waals surface area contributed by atoms with E-state index in [-0.39, 0.29) is 25.6 Å². The minimum absolute atomic E-state index is 0.0361. The largest absolute Gasteiger partial charge is 0.472 e. The number of carbonyl (C=O) groups excluding carboxylic acids is 2. The highest BCUT2D eigenvalue weighted by Gasteiger charge is 2.27. The summed E-state index contributed by atoms with van der Waals surface area (Å²) in [7, 11) is 1.51. The van der Waals surface area contributed by atoms with E-state index in [0.29, 0.717) is 17.4 Å². The Hall–Kier alpha value is -1.77. The van der Waals surface area contributed by atoms with Crippen molar-refractivity contribution in [3.8, 4) is 0 Å². The van der Waals surface area contributed by atoms with Crippen molar-refractivity contribution in [3.63, 3.8) is 0 Å². The molecule has 0 aromatic carbocycles. The summed E-state index contributed by atoms with van der Waals surface area (Å²) >= 11 is 0. The molecule has 0 aliphatic heterocycles. The molecule has 0 radical (unpaired) electrons. The summed E-state index contributed by atoms with van der Waals surface area (Å²) in [5.41, 5.74) is 0. The van der Waals surface area contributed by atoms with Gasteiger partial charge in [0.15, 0.2) is 6.10 Å². The number of unbranched alkanes of at least 4 members (excludes halogenated alkanes) is 61. The first-order chi connectivity index (χ1) is 47.0. The van der Waals surface area contributed by atoms with Crippen LogP contribution in [0.25, 0.3) is 0 Å². The number of hydrogen-bond acceptors (Lipinski definition) is 7. The van der Waals surface area contributed by atoms with E-state index in [1.165, 1.54) is 372 Å². The summed E-state index contributed by atoms with van der Waals surface area (Å²) < 4.78 is 34.9. The molecule has 0 bridgehead atoms. The van der Waals surface area contributed by atoms with E-state index in [1.807, 2.05) is 21.1 Å². The highest BCUT2D eigenvalue weighted by Crippen LogP contribution is 2.43. The lowest BCUT2D eigenvalue weighted by atomic mass is 10.0. The van der Waals surface area contributed by atoms with Gasteiger partial charge < -0.3 is 18.9 Å². The van der Waals surface area contributed by atoms with E-state index >= 15 is 0 Å². The summed E-state index contributed by atoms with van der Waals surface area (Å²) in [6.45, 7) is 4.52. The molecule has 0 saturated heterocycles. The number of rotatable bonds is 81. The first-order valence-electron chi connectivity index (χ1n) is 42.7. The van der Waals surface area contributed by atoms with Gasteiger partial charge >= 0.3 is 19.8 Å². The number of carbonyl (C=O) groups is 2. The number of quaternary nitrogens is 1. The third-order valence-corrected chi connectivity index (χ3v) is 20.7. The number of phosphoric acid groups is 1. The smallest absolute Gasteiger partial charge is 0.462 e.